The van der Waals surface area contributed by atoms with Crippen LogP contribution in [0.15, 0.2) is 42.5 Å². The summed E-state index contributed by atoms with van der Waals surface area (Å²) in [7, 11) is 0. The van der Waals surface area contributed by atoms with Crippen molar-refractivity contribution in [3.63, 3.8) is 0 Å². The number of nitrogens with zero attached hydrogens (tertiary/aromatic N) is 4. The van der Waals surface area contributed by atoms with Gasteiger partial charge in [0.15, 0.2) is 0 Å². The SMILES string of the molecule is CC(N)C(c1ccc(Cl)s1)n1nnc(-c2ccccc2)n1. The van der Waals surface area contributed by atoms with E-state index >= 15 is 0 Å². The van der Waals surface area contributed by atoms with Crippen molar-refractivity contribution in [1.82, 2.24) is 20.2 Å². The zero-order valence-corrected chi connectivity index (χ0v) is 12.9. The average Bonchev–Trinajstić information content (AvgIpc) is 3.10. The molecule has 2 heterocycles. The molecule has 21 heavy (non-hydrogen) atoms. The van der Waals surface area contributed by atoms with Crippen LogP contribution in [0.3, 0.4) is 0 Å². The fraction of sp³-hybridized carbons (Fsp3) is 0.214. The molecule has 0 saturated heterocycles. The summed E-state index contributed by atoms with van der Waals surface area (Å²) in [5, 5.41) is 12.7. The van der Waals surface area contributed by atoms with Crippen molar-refractivity contribution in [1.29, 1.82) is 0 Å². The minimum absolute atomic E-state index is 0.155. The first kappa shape index (κ1) is 14.2. The van der Waals surface area contributed by atoms with Crippen LogP contribution in [0, 0.1) is 0 Å². The molecule has 0 amide bonds. The van der Waals surface area contributed by atoms with Crippen LogP contribution in [-0.2, 0) is 0 Å². The Morgan fingerprint density at radius 2 is 1.95 bits per heavy atom. The number of halogens is 1. The molecule has 108 valence electrons. The molecule has 5 nitrogen and oxygen atoms in total. The topological polar surface area (TPSA) is 69.6 Å². The molecule has 0 aliphatic rings. The van der Waals surface area contributed by atoms with E-state index in [-0.39, 0.29) is 12.1 Å². The van der Waals surface area contributed by atoms with Crippen LogP contribution in [-0.4, -0.2) is 26.2 Å². The third-order valence-corrected chi connectivity index (χ3v) is 4.39. The van der Waals surface area contributed by atoms with Crippen LogP contribution in [0.5, 0.6) is 0 Å². The van der Waals surface area contributed by atoms with E-state index in [1.807, 2.05) is 49.4 Å². The lowest BCUT2D eigenvalue weighted by Gasteiger charge is -2.17. The maximum atomic E-state index is 6.09. The lowest BCUT2D eigenvalue weighted by atomic mass is 10.1. The van der Waals surface area contributed by atoms with Gasteiger partial charge in [-0.05, 0) is 24.3 Å². The first-order chi connectivity index (χ1) is 10.1. The van der Waals surface area contributed by atoms with Crippen molar-refractivity contribution in [2.24, 2.45) is 5.73 Å². The van der Waals surface area contributed by atoms with E-state index in [4.69, 9.17) is 17.3 Å². The number of hydrogen-bond acceptors (Lipinski definition) is 5. The second-order valence-corrected chi connectivity index (χ2v) is 6.49. The molecule has 3 aromatic rings. The molecular formula is C14H14ClN5S. The Hall–Kier alpha value is -1.76. The van der Waals surface area contributed by atoms with Gasteiger partial charge in [0.1, 0.15) is 6.04 Å². The number of hydrogen-bond donors (Lipinski definition) is 1. The number of tetrazole rings is 1. The molecule has 0 spiro atoms. The highest BCUT2D eigenvalue weighted by molar-refractivity contribution is 7.16. The van der Waals surface area contributed by atoms with Gasteiger partial charge in [0, 0.05) is 16.5 Å². The summed E-state index contributed by atoms with van der Waals surface area (Å²) in [5.41, 5.74) is 7.02. The van der Waals surface area contributed by atoms with E-state index in [2.05, 4.69) is 15.4 Å². The van der Waals surface area contributed by atoms with Gasteiger partial charge >= 0.3 is 0 Å². The molecule has 7 heteroatoms. The second kappa shape index (κ2) is 5.93. The van der Waals surface area contributed by atoms with Gasteiger partial charge < -0.3 is 5.73 Å². The van der Waals surface area contributed by atoms with Crippen LogP contribution in [0.4, 0.5) is 0 Å². The van der Waals surface area contributed by atoms with Crippen molar-refractivity contribution in [2.75, 3.05) is 0 Å². The Morgan fingerprint density at radius 1 is 1.19 bits per heavy atom. The van der Waals surface area contributed by atoms with Gasteiger partial charge in [-0.1, -0.05) is 41.9 Å². The van der Waals surface area contributed by atoms with Crippen molar-refractivity contribution in [3.05, 3.63) is 51.7 Å². The van der Waals surface area contributed by atoms with Crippen LogP contribution in [0.1, 0.15) is 17.8 Å². The highest BCUT2D eigenvalue weighted by Crippen LogP contribution is 2.30. The zero-order chi connectivity index (χ0) is 14.8. The van der Waals surface area contributed by atoms with E-state index < -0.39 is 0 Å². The third-order valence-electron chi connectivity index (χ3n) is 3.09. The van der Waals surface area contributed by atoms with Crippen molar-refractivity contribution < 1.29 is 0 Å². The number of benzene rings is 1. The van der Waals surface area contributed by atoms with Gasteiger partial charge in [-0.2, -0.15) is 4.80 Å². The van der Waals surface area contributed by atoms with Crippen LogP contribution < -0.4 is 5.73 Å². The molecule has 3 rings (SSSR count). The monoisotopic (exact) mass is 319 g/mol. The summed E-state index contributed by atoms with van der Waals surface area (Å²) in [6.07, 6.45) is 0. The molecule has 0 radical (unpaired) electrons. The molecule has 2 unspecified atom stereocenters. The van der Waals surface area contributed by atoms with Gasteiger partial charge in [0.05, 0.1) is 4.34 Å². The number of thiophene rings is 1. The summed E-state index contributed by atoms with van der Waals surface area (Å²) in [6.45, 7) is 1.92. The molecule has 2 N–H and O–H groups in total. The smallest absolute Gasteiger partial charge is 0.204 e. The predicted molar refractivity (Wildman–Crippen MR) is 84.4 cm³/mol. The van der Waals surface area contributed by atoms with Crippen LogP contribution >= 0.6 is 22.9 Å². The lowest BCUT2D eigenvalue weighted by Crippen LogP contribution is -2.31. The minimum atomic E-state index is -0.174. The Bertz CT molecular complexity index is 722. The van der Waals surface area contributed by atoms with Crippen LogP contribution in [0.2, 0.25) is 4.34 Å². The van der Waals surface area contributed by atoms with Gasteiger partial charge in [-0.3, -0.25) is 0 Å². The largest absolute Gasteiger partial charge is 0.326 e. The van der Waals surface area contributed by atoms with Gasteiger partial charge in [0.2, 0.25) is 5.82 Å². The van der Waals surface area contributed by atoms with Gasteiger partial charge in [-0.15, -0.1) is 21.5 Å². The Morgan fingerprint density at radius 3 is 2.57 bits per heavy atom. The molecule has 2 atom stereocenters. The highest BCUT2D eigenvalue weighted by Gasteiger charge is 2.23. The lowest BCUT2D eigenvalue weighted by molar-refractivity contribution is 0.405. The molecule has 0 saturated carbocycles. The standard InChI is InChI=1S/C14H14ClN5S/c1-9(16)13(11-7-8-12(15)21-11)20-18-14(17-19-20)10-5-3-2-4-6-10/h2-9,13H,16H2,1H3. The maximum absolute atomic E-state index is 6.09. The zero-order valence-electron chi connectivity index (χ0n) is 11.3. The summed E-state index contributed by atoms with van der Waals surface area (Å²) in [5.74, 6) is 0.587. The van der Waals surface area contributed by atoms with Gasteiger partial charge in [-0.25, -0.2) is 0 Å². The van der Waals surface area contributed by atoms with E-state index in [1.165, 1.54) is 11.3 Å². The van der Waals surface area contributed by atoms with E-state index in [1.54, 1.807) is 4.80 Å². The molecular weight excluding hydrogens is 306 g/mol. The minimum Gasteiger partial charge on any atom is -0.326 e. The third kappa shape index (κ3) is 2.97. The first-order valence-corrected chi connectivity index (χ1v) is 7.70. The summed E-state index contributed by atoms with van der Waals surface area (Å²) in [4.78, 5) is 2.59. The van der Waals surface area contributed by atoms with E-state index in [9.17, 15) is 0 Å². The van der Waals surface area contributed by atoms with E-state index in [0.29, 0.717) is 5.82 Å². The van der Waals surface area contributed by atoms with Crippen molar-refractivity contribution in [3.8, 4) is 11.4 Å². The molecule has 0 fully saturated rings. The Kier molecular flexibility index (Phi) is 4.01. The highest BCUT2D eigenvalue weighted by atomic mass is 35.5. The second-order valence-electron chi connectivity index (χ2n) is 4.75. The molecule has 0 aliphatic carbocycles. The summed E-state index contributed by atoms with van der Waals surface area (Å²) >= 11 is 7.49. The predicted octanol–water partition coefficient (Wildman–Crippen LogP) is 2.99. The van der Waals surface area contributed by atoms with Crippen molar-refractivity contribution in [2.45, 2.75) is 19.0 Å². The summed E-state index contributed by atoms with van der Waals surface area (Å²) < 4.78 is 0.721. The normalized spacial score (nSPS) is 14.0. The number of aromatic nitrogens is 4. The fourth-order valence-electron chi connectivity index (χ4n) is 2.12. The first-order valence-electron chi connectivity index (χ1n) is 6.51. The molecule has 0 bridgehead atoms. The van der Waals surface area contributed by atoms with Crippen molar-refractivity contribution >= 4 is 22.9 Å². The maximum Gasteiger partial charge on any atom is 0.204 e. The Labute approximate surface area is 131 Å². The average molecular weight is 320 g/mol. The quantitative estimate of drug-likeness (QED) is 0.802. The van der Waals surface area contributed by atoms with E-state index in [0.717, 1.165) is 14.8 Å². The Balaban J connectivity index is 1.96. The molecule has 0 aliphatic heterocycles. The number of nitrogens with two attached hydrogens (primary N) is 1. The molecule has 2 aromatic heterocycles. The summed E-state index contributed by atoms with van der Waals surface area (Å²) in [6, 6.07) is 13.2. The fourth-order valence-corrected chi connectivity index (χ4v) is 3.37. The van der Waals surface area contributed by atoms with Gasteiger partial charge in [0.25, 0.3) is 0 Å². The number of rotatable bonds is 4. The molecule has 1 aromatic carbocycles. The van der Waals surface area contributed by atoms with Crippen LogP contribution in [0.25, 0.3) is 11.4 Å².